The van der Waals surface area contributed by atoms with Crippen molar-refractivity contribution >= 4 is 26.4 Å². The van der Waals surface area contributed by atoms with E-state index in [4.69, 9.17) is 4.74 Å². The van der Waals surface area contributed by atoms with Gasteiger partial charge in [0, 0.05) is 35.8 Å². The van der Waals surface area contributed by atoms with Crippen molar-refractivity contribution in [1.82, 2.24) is 9.88 Å². The van der Waals surface area contributed by atoms with Crippen molar-refractivity contribution in [2.24, 2.45) is 0 Å². The molecular weight excluding hydrogens is 455 g/mol. The Labute approximate surface area is 189 Å². The Bertz CT molecular complexity index is 1310. The molecule has 0 radical (unpaired) electrons. The van der Waals surface area contributed by atoms with Crippen LogP contribution in [0, 0.1) is 0 Å². The highest BCUT2D eigenvalue weighted by molar-refractivity contribution is 7.92. The lowest BCUT2D eigenvalue weighted by Gasteiger charge is -2.23. The normalized spacial score (nSPS) is 18.2. The van der Waals surface area contributed by atoms with Crippen molar-refractivity contribution in [2.45, 2.75) is 35.3 Å². The lowest BCUT2D eigenvalue weighted by molar-refractivity contribution is -0.0436. The van der Waals surface area contributed by atoms with Gasteiger partial charge in [0.1, 0.15) is 0 Å². The number of pyridine rings is 1. The molecule has 3 aromatic rings. The molecule has 0 atom stereocenters. The number of anilines is 1. The summed E-state index contributed by atoms with van der Waals surface area (Å²) in [6, 6.07) is 14.8. The average molecular weight is 478 g/mol. The minimum atomic E-state index is -5.35. The molecule has 33 heavy (non-hydrogen) atoms. The smallest absolute Gasteiger partial charge is 0.481 e. The van der Waals surface area contributed by atoms with Crippen LogP contribution in [0.5, 0.6) is 5.88 Å². The van der Waals surface area contributed by atoms with Crippen LogP contribution in [0.1, 0.15) is 18.4 Å². The number of aromatic nitrogens is 1. The summed E-state index contributed by atoms with van der Waals surface area (Å²) in [5.41, 5.74) is -2.66. The van der Waals surface area contributed by atoms with Crippen molar-refractivity contribution in [3.63, 3.8) is 0 Å². The number of fused-ring (bicyclic) bond motifs is 1. The first kappa shape index (κ1) is 22.0. The molecule has 1 aliphatic heterocycles. The first-order valence-corrected chi connectivity index (χ1v) is 12.0. The van der Waals surface area contributed by atoms with Gasteiger partial charge in [-0.1, -0.05) is 18.2 Å². The third-order valence-electron chi connectivity index (χ3n) is 6.49. The SMILES string of the molecule is COc1cc(CN2CN(c3ccc(S(=O)(=O)C(F)(F)F)cc3)CC23CC3)c2ccccc2n1. The van der Waals surface area contributed by atoms with Crippen LogP contribution in [-0.4, -0.2) is 49.7 Å². The van der Waals surface area contributed by atoms with Crippen LogP contribution in [-0.2, 0) is 16.4 Å². The molecule has 0 bridgehead atoms. The monoisotopic (exact) mass is 477 g/mol. The van der Waals surface area contributed by atoms with Crippen LogP contribution < -0.4 is 9.64 Å². The second-order valence-electron chi connectivity index (χ2n) is 8.55. The van der Waals surface area contributed by atoms with E-state index in [0.29, 0.717) is 24.8 Å². The summed E-state index contributed by atoms with van der Waals surface area (Å²) in [6.07, 6.45) is 2.06. The Hall–Kier alpha value is -2.85. The van der Waals surface area contributed by atoms with Crippen molar-refractivity contribution in [2.75, 3.05) is 25.2 Å². The number of sulfone groups is 1. The molecule has 1 saturated carbocycles. The molecule has 174 valence electrons. The van der Waals surface area contributed by atoms with E-state index in [9.17, 15) is 21.6 Å². The number of hydrogen-bond acceptors (Lipinski definition) is 6. The van der Waals surface area contributed by atoms with Crippen molar-refractivity contribution < 1.29 is 26.3 Å². The molecule has 1 aromatic heterocycles. The summed E-state index contributed by atoms with van der Waals surface area (Å²) in [5, 5.41) is 1.05. The standard InChI is InChI=1S/C23H22F3N3O3S/c1-32-21-12-16(19-4-2-3-5-20(19)27-21)13-29-15-28(14-22(29)10-11-22)17-6-8-18(9-7-17)33(30,31)23(24,25)26/h2-9,12H,10-11,13-15H2,1H3. The molecular formula is C23H22F3N3O3S. The zero-order chi connectivity index (χ0) is 23.4. The fourth-order valence-electron chi connectivity index (χ4n) is 4.50. The summed E-state index contributed by atoms with van der Waals surface area (Å²) in [5.74, 6) is 0.547. The third kappa shape index (κ3) is 3.80. The Morgan fingerprint density at radius 3 is 2.42 bits per heavy atom. The molecule has 2 aliphatic rings. The van der Waals surface area contributed by atoms with Crippen LogP contribution >= 0.6 is 0 Å². The fraction of sp³-hybridized carbons (Fsp3) is 0.348. The van der Waals surface area contributed by atoms with Crippen LogP contribution in [0.2, 0.25) is 0 Å². The number of hydrogen-bond donors (Lipinski definition) is 0. The number of alkyl halides is 3. The Kier molecular flexibility index (Phi) is 5.06. The first-order chi connectivity index (χ1) is 15.6. The highest BCUT2D eigenvalue weighted by Gasteiger charge is 2.53. The maximum Gasteiger partial charge on any atom is 0.501 e. The molecule has 5 rings (SSSR count). The molecule has 1 saturated heterocycles. The summed E-state index contributed by atoms with van der Waals surface area (Å²) in [6.45, 7) is 2.00. The predicted octanol–water partition coefficient (Wildman–Crippen LogP) is 4.35. The number of halogens is 3. The van der Waals surface area contributed by atoms with Gasteiger partial charge in [-0.15, -0.1) is 0 Å². The highest BCUT2D eigenvalue weighted by atomic mass is 32.2. The molecule has 0 amide bonds. The van der Waals surface area contributed by atoms with E-state index >= 15 is 0 Å². The zero-order valence-electron chi connectivity index (χ0n) is 17.8. The number of methoxy groups -OCH3 is 1. The van der Waals surface area contributed by atoms with E-state index in [1.54, 1.807) is 7.11 Å². The molecule has 6 nitrogen and oxygen atoms in total. The summed E-state index contributed by atoms with van der Waals surface area (Å²) in [7, 11) is -3.77. The van der Waals surface area contributed by atoms with Crippen LogP contribution in [0.25, 0.3) is 10.9 Å². The van der Waals surface area contributed by atoms with Crippen LogP contribution in [0.4, 0.5) is 18.9 Å². The van der Waals surface area contributed by atoms with Gasteiger partial charge in [-0.05, 0) is 48.7 Å². The van der Waals surface area contributed by atoms with Gasteiger partial charge in [-0.25, -0.2) is 13.4 Å². The molecule has 10 heteroatoms. The van der Waals surface area contributed by atoms with Crippen LogP contribution in [0.3, 0.4) is 0 Å². The van der Waals surface area contributed by atoms with E-state index in [1.165, 1.54) is 12.1 Å². The number of nitrogens with zero attached hydrogens (tertiary/aromatic N) is 3. The van der Waals surface area contributed by atoms with Gasteiger partial charge in [-0.3, -0.25) is 4.90 Å². The van der Waals surface area contributed by atoms with Gasteiger partial charge in [0.2, 0.25) is 5.88 Å². The molecule has 0 unspecified atom stereocenters. The molecule has 1 aliphatic carbocycles. The van der Waals surface area contributed by atoms with Gasteiger partial charge in [0.05, 0.1) is 24.2 Å². The second kappa shape index (κ2) is 7.59. The number of benzene rings is 2. The quantitative estimate of drug-likeness (QED) is 0.545. The molecule has 2 heterocycles. The van der Waals surface area contributed by atoms with Crippen LogP contribution in [0.15, 0.2) is 59.5 Å². The average Bonchev–Trinajstić information content (AvgIpc) is 3.48. The molecule has 2 aromatic carbocycles. The second-order valence-corrected chi connectivity index (χ2v) is 10.5. The molecule has 2 fully saturated rings. The van der Waals surface area contributed by atoms with Gasteiger partial charge in [0.15, 0.2) is 0 Å². The lowest BCUT2D eigenvalue weighted by atomic mass is 10.1. The van der Waals surface area contributed by atoms with Gasteiger partial charge in [-0.2, -0.15) is 13.2 Å². The van der Waals surface area contributed by atoms with Crippen molar-refractivity contribution in [1.29, 1.82) is 0 Å². The number of ether oxygens (including phenoxy) is 1. The van der Waals surface area contributed by atoms with Gasteiger partial charge in [0.25, 0.3) is 9.84 Å². The number of para-hydroxylation sites is 1. The van der Waals surface area contributed by atoms with Gasteiger partial charge >= 0.3 is 5.51 Å². The van der Waals surface area contributed by atoms with E-state index in [1.807, 2.05) is 30.3 Å². The Morgan fingerprint density at radius 2 is 1.79 bits per heavy atom. The Balaban J connectivity index is 1.40. The largest absolute Gasteiger partial charge is 0.501 e. The summed E-state index contributed by atoms with van der Waals surface area (Å²) < 4.78 is 67.2. The van der Waals surface area contributed by atoms with E-state index in [0.717, 1.165) is 48.0 Å². The van der Waals surface area contributed by atoms with Gasteiger partial charge < -0.3 is 9.64 Å². The lowest BCUT2D eigenvalue weighted by Crippen LogP contribution is -2.32. The maximum atomic E-state index is 12.8. The van der Waals surface area contributed by atoms with E-state index < -0.39 is 20.2 Å². The van der Waals surface area contributed by atoms with E-state index in [-0.39, 0.29) is 5.54 Å². The first-order valence-electron chi connectivity index (χ1n) is 10.5. The van der Waals surface area contributed by atoms with Crippen molar-refractivity contribution in [3.8, 4) is 5.88 Å². The summed E-state index contributed by atoms with van der Waals surface area (Å²) >= 11 is 0. The number of rotatable bonds is 5. The minimum absolute atomic E-state index is 0.00826. The van der Waals surface area contributed by atoms with E-state index in [2.05, 4.69) is 14.8 Å². The predicted molar refractivity (Wildman–Crippen MR) is 118 cm³/mol. The zero-order valence-corrected chi connectivity index (χ0v) is 18.7. The molecule has 0 N–H and O–H groups in total. The molecule has 1 spiro atoms. The third-order valence-corrected chi connectivity index (χ3v) is 7.99. The Morgan fingerprint density at radius 1 is 1.09 bits per heavy atom. The minimum Gasteiger partial charge on any atom is -0.481 e. The summed E-state index contributed by atoms with van der Waals surface area (Å²) in [4.78, 5) is 8.21. The fourth-order valence-corrected chi connectivity index (χ4v) is 5.26. The highest BCUT2D eigenvalue weighted by Crippen LogP contribution is 2.48. The van der Waals surface area contributed by atoms with Crippen molar-refractivity contribution in [3.05, 3.63) is 60.2 Å². The maximum absolute atomic E-state index is 12.8. The topological polar surface area (TPSA) is 62.7 Å².